The van der Waals surface area contributed by atoms with Crippen LogP contribution in [0, 0.1) is 61.2 Å². The van der Waals surface area contributed by atoms with Gasteiger partial charge in [-0.2, -0.15) is 35.1 Å². The molecule has 0 aliphatic heterocycles. The second kappa shape index (κ2) is 30.0. The van der Waals surface area contributed by atoms with Crippen LogP contribution in [0.25, 0.3) is 0 Å². The van der Waals surface area contributed by atoms with Crippen LogP contribution >= 0.6 is 0 Å². The fourth-order valence-corrected chi connectivity index (χ4v) is 15.8. The van der Waals surface area contributed by atoms with Gasteiger partial charge in [0, 0.05) is 60.2 Å². The van der Waals surface area contributed by atoms with E-state index in [0.29, 0.717) is 48.0 Å². The Hall–Kier alpha value is -6.10. The topological polar surface area (TPSA) is 73.8 Å². The van der Waals surface area contributed by atoms with Crippen molar-refractivity contribution in [2.45, 2.75) is 215 Å². The van der Waals surface area contributed by atoms with E-state index in [-0.39, 0.29) is 89.8 Å². The van der Waals surface area contributed by atoms with Gasteiger partial charge in [0.25, 0.3) is 0 Å². The number of ether oxygens (including phenoxy) is 8. The molecule has 552 valence electrons. The number of hydrogen-bond donors (Lipinski definition) is 0. The van der Waals surface area contributed by atoms with E-state index in [0.717, 1.165) is 94.8 Å². The first kappa shape index (κ1) is 75.6. The van der Waals surface area contributed by atoms with Crippen molar-refractivity contribution in [3.05, 3.63) is 228 Å². The highest BCUT2D eigenvalue weighted by atomic mass is 19.4. The summed E-state index contributed by atoms with van der Waals surface area (Å²) >= 11 is 0. The SMILES string of the molecule is C1=CC12CCC(OCc1ccccc1)C2.COC1(C(F)(F)F)CCC2(C=C2)C1.COC1(OC)CCC12C=C2.FC(F)(F)C1(OCc2ccccc2)CCC2(C=C2)C1.FC(F)OC1CCC2(C=C2)C1.Fc1cc(COC2CCC3(C=C3)C2)cc(F)c1F.Fc1ccc(COC2CCC3(C=C3)C2)cc1. The van der Waals surface area contributed by atoms with Gasteiger partial charge in [-0.15, -0.1) is 0 Å². The van der Waals surface area contributed by atoms with Crippen LogP contribution in [0.5, 0.6) is 0 Å². The van der Waals surface area contributed by atoms with Crippen LogP contribution in [0.15, 0.2) is 182 Å². The fourth-order valence-electron chi connectivity index (χ4n) is 15.8. The lowest BCUT2D eigenvalue weighted by molar-refractivity contribution is -0.290. The van der Waals surface area contributed by atoms with E-state index >= 15 is 0 Å². The van der Waals surface area contributed by atoms with E-state index in [2.05, 4.69) is 94.5 Å². The first-order valence-electron chi connectivity index (χ1n) is 35.7. The Balaban J connectivity index is 0.000000113. The summed E-state index contributed by atoms with van der Waals surface area (Å²) in [4.78, 5) is 0. The van der Waals surface area contributed by atoms with Crippen LogP contribution in [0.2, 0.25) is 0 Å². The van der Waals surface area contributed by atoms with E-state index < -0.39 is 47.6 Å². The fraction of sp³-hybridized carbons (Fsp3) is 0.537. The summed E-state index contributed by atoms with van der Waals surface area (Å²) in [5.41, 5.74) is 0.551. The Morgan fingerprint density at radius 2 is 0.755 bits per heavy atom. The third-order valence-corrected chi connectivity index (χ3v) is 23.3. The third-order valence-electron chi connectivity index (χ3n) is 23.3. The van der Waals surface area contributed by atoms with Crippen LogP contribution in [0.4, 0.5) is 52.7 Å². The van der Waals surface area contributed by atoms with Crippen LogP contribution in [0.3, 0.4) is 0 Å². The molecule has 8 nitrogen and oxygen atoms in total. The van der Waals surface area contributed by atoms with Gasteiger partial charge in [-0.3, -0.25) is 0 Å². The number of halogens is 12. The minimum absolute atomic E-state index is 0.0103. The zero-order valence-electron chi connectivity index (χ0n) is 58.0. The van der Waals surface area contributed by atoms with Crippen molar-refractivity contribution < 1.29 is 90.6 Å². The van der Waals surface area contributed by atoms with E-state index in [1.54, 1.807) is 50.6 Å². The standard InChI is InChI=1S/C15H15F3O.C14H13F3O.C14H15FO.C14H16O.C9H11F3O.C8H10F2O.C8H12O2/c16-15(17,18)14(9-8-13(11-14)6-7-13)19-10-12-4-2-1-3-5-12;15-11-5-9(6-12(16)13(11)17)8-18-10-1-2-14(7-10)3-4-14;15-12-3-1-11(2-4-12)10-16-13-5-6-14(9-13)7-8-14;1-2-4-12(5-3-1)11-15-13-6-7-14(10-13)8-9-14;1-13-8(9(10,11)12)5-4-7(6-8)2-3-7;9-7(10)11-6-1-2-8(5-6)3-4-8;1-9-8(10-2)6-5-7(8)3-4-7/h1-7H,8-11H2;3-6,10H,1-2,7-8H2;1-4,7-8,13H,5-6,9-10H2;1-5,8-9,13H,6-7,10-11H2;2-3H,4-6H2,1H3;3-4,6-7H,1-2,5H2;3-4H,5-6H2,1-2H3. The molecule has 0 aromatic heterocycles. The van der Waals surface area contributed by atoms with Crippen molar-refractivity contribution in [2.75, 3.05) is 21.3 Å². The molecular weight excluding hydrogens is 1340 g/mol. The highest BCUT2D eigenvalue weighted by molar-refractivity contribution is 5.37. The predicted molar refractivity (Wildman–Crippen MR) is 362 cm³/mol. The number of hydrogen-bond acceptors (Lipinski definition) is 8. The first-order chi connectivity index (χ1) is 48.6. The molecule has 18 rings (SSSR count). The molecule has 20 heteroatoms. The second-order valence-electron chi connectivity index (χ2n) is 30.5. The predicted octanol–water partition coefficient (Wildman–Crippen LogP) is 21.1. The summed E-state index contributed by atoms with van der Waals surface area (Å²) in [5.74, 6) is -4.25. The molecule has 6 unspecified atom stereocenters. The van der Waals surface area contributed by atoms with E-state index in [1.807, 2.05) is 36.4 Å². The molecule has 6 atom stereocenters. The first-order valence-corrected chi connectivity index (χ1v) is 35.7. The summed E-state index contributed by atoms with van der Waals surface area (Å²) in [6.07, 6.45) is 38.1. The molecule has 7 spiro atoms. The van der Waals surface area contributed by atoms with Gasteiger partial charge in [-0.05, 0) is 169 Å². The lowest BCUT2D eigenvalue weighted by Crippen LogP contribution is -2.53. The van der Waals surface area contributed by atoms with Crippen LogP contribution in [-0.2, 0) is 64.3 Å². The van der Waals surface area contributed by atoms with E-state index in [4.69, 9.17) is 28.4 Å². The molecule has 0 heterocycles. The minimum atomic E-state index is -4.31. The van der Waals surface area contributed by atoms with Gasteiger partial charge >= 0.3 is 19.0 Å². The molecule has 7 saturated carbocycles. The van der Waals surface area contributed by atoms with Gasteiger partial charge in [0.1, 0.15) is 5.82 Å². The molecule has 0 radical (unpaired) electrons. The van der Waals surface area contributed by atoms with Crippen molar-refractivity contribution in [1.29, 1.82) is 0 Å². The van der Waals surface area contributed by atoms with Crippen LogP contribution in [0.1, 0.15) is 151 Å². The molecule has 14 aliphatic carbocycles. The summed E-state index contributed by atoms with van der Waals surface area (Å²) in [7, 11) is 4.57. The maximum absolute atomic E-state index is 13.3. The molecular formula is C82H92F12O8. The monoisotopic (exact) mass is 1430 g/mol. The molecule has 102 heavy (non-hydrogen) atoms. The summed E-state index contributed by atoms with van der Waals surface area (Å²) < 4.78 is 195. The molecule has 0 amide bonds. The van der Waals surface area contributed by atoms with Crippen LogP contribution in [-0.4, -0.2) is 81.7 Å². The Labute approximate surface area is 590 Å². The molecule has 0 bridgehead atoms. The number of alkyl halides is 8. The number of benzene rings is 4. The highest BCUT2D eigenvalue weighted by Gasteiger charge is 2.66. The van der Waals surface area contributed by atoms with Gasteiger partial charge in [0.15, 0.2) is 34.4 Å². The maximum Gasteiger partial charge on any atom is 0.417 e. The maximum atomic E-state index is 13.3. The summed E-state index contributed by atoms with van der Waals surface area (Å²) in [6.45, 7) is -1.11. The molecule has 4 aromatic rings. The minimum Gasteiger partial charge on any atom is -0.373 e. The van der Waals surface area contributed by atoms with E-state index in [9.17, 15) is 52.7 Å². The van der Waals surface area contributed by atoms with Crippen molar-refractivity contribution in [1.82, 2.24) is 0 Å². The zero-order valence-corrected chi connectivity index (χ0v) is 58.0. The van der Waals surface area contributed by atoms with Gasteiger partial charge in [0.2, 0.25) is 0 Å². The van der Waals surface area contributed by atoms with Gasteiger partial charge in [-0.1, -0.05) is 158 Å². The average molecular weight is 1430 g/mol. The second-order valence-corrected chi connectivity index (χ2v) is 30.5. The quantitative estimate of drug-likeness (QED) is 0.0448. The zero-order chi connectivity index (χ0) is 72.3. The van der Waals surface area contributed by atoms with Gasteiger partial charge < -0.3 is 37.9 Å². The average Bonchev–Trinajstić information content (AvgIpc) is 1.59. The van der Waals surface area contributed by atoms with E-state index in [1.165, 1.54) is 49.8 Å². The van der Waals surface area contributed by atoms with Gasteiger partial charge in [0.05, 0.1) is 56.3 Å². The highest BCUT2D eigenvalue weighted by Crippen LogP contribution is 2.63. The van der Waals surface area contributed by atoms with Crippen molar-refractivity contribution in [3.8, 4) is 0 Å². The molecule has 14 aliphatic rings. The molecule has 4 aromatic carbocycles. The molecule has 0 saturated heterocycles. The lowest BCUT2D eigenvalue weighted by atomic mass is 9.72. The lowest BCUT2D eigenvalue weighted by Gasteiger charge is -2.48. The molecule has 7 fully saturated rings. The number of allylic oxidation sites excluding steroid dienone is 12. The Morgan fingerprint density at radius 1 is 0.382 bits per heavy atom. The third kappa shape index (κ3) is 18.6. The van der Waals surface area contributed by atoms with Crippen molar-refractivity contribution in [2.24, 2.45) is 37.9 Å². The summed E-state index contributed by atoms with van der Waals surface area (Å²) in [6, 6.07) is 27.9. The Bertz CT molecular complexity index is 3660. The number of methoxy groups -OCH3 is 3. The van der Waals surface area contributed by atoms with Crippen molar-refractivity contribution >= 4 is 0 Å². The Morgan fingerprint density at radius 3 is 1.08 bits per heavy atom. The smallest absolute Gasteiger partial charge is 0.373 e. The molecule has 0 N–H and O–H groups in total. The number of rotatable bonds is 17. The van der Waals surface area contributed by atoms with Gasteiger partial charge in [-0.25, -0.2) is 17.6 Å². The summed E-state index contributed by atoms with van der Waals surface area (Å²) in [5, 5.41) is 0. The Kier molecular flexibility index (Phi) is 22.3. The normalized spacial score (nSPS) is 28.2. The van der Waals surface area contributed by atoms with Crippen molar-refractivity contribution in [3.63, 3.8) is 0 Å². The van der Waals surface area contributed by atoms with Crippen LogP contribution < -0.4 is 0 Å². The largest absolute Gasteiger partial charge is 0.417 e.